The predicted octanol–water partition coefficient (Wildman–Crippen LogP) is 14.2. The largest absolute Gasteiger partial charge is 0.497 e. The highest BCUT2D eigenvalue weighted by molar-refractivity contribution is 6.74. The molecule has 2 rings (SSSR count). The van der Waals surface area contributed by atoms with Gasteiger partial charge >= 0.3 is 11.9 Å². The Kier molecular flexibility index (Phi) is 28.8. The van der Waals surface area contributed by atoms with Crippen LogP contribution in [0.2, 0.25) is 36.3 Å². The maximum atomic E-state index is 15.7. The summed E-state index contributed by atoms with van der Waals surface area (Å²) in [7, 11) is -0.878. The quantitative estimate of drug-likeness (QED) is 0.0380. The van der Waals surface area contributed by atoms with Crippen LogP contribution >= 0.6 is 0 Å². The summed E-state index contributed by atoms with van der Waals surface area (Å²) in [5.41, 5.74) is 0.412. The molecule has 2 N–H and O–H groups in total. The summed E-state index contributed by atoms with van der Waals surface area (Å²) >= 11 is 0. The molecular formula is C60H100F2O12Si2. The number of rotatable bonds is 27. The molecule has 0 radical (unpaired) electrons. The van der Waals surface area contributed by atoms with Crippen LogP contribution in [-0.4, -0.2) is 103 Å². The number of aliphatic hydroxyl groups excluding tert-OH is 2. The summed E-state index contributed by atoms with van der Waals surface area (Å²) in [6.45, 7) is 40.4. The molecule has 0 aliphatic carbocycles. The van der Waals surface area contributed by atoms with Crippen LogP contribution in [0.3, 0.4) is 0 Å². The molecule has 0 aromatic heterocycles. The number of carbonyl (C=O) groups is 2. The van der Waals surface area contributed by atoms with Gasteiger partial charge in [0.05, 0.1) is 57.6 Å². The SMILES string of the molecule is COc1ccc(CO[C@@H](/C=C\CCOC(=O)C(C)(C)C)/C(F)=C\[C@@H](C)[C@H](C)O[Si](C)(C)C(C)(C)C)cc1.COc1ccc(CO[C@H](/C(F)=C\[C@@H](C)[C@H](C)O[Si](C)(C)C(C)(C)C)[C@@H](O)[C@@H](O)CCOC(=O)C(C)(C)C)cc1. The Morgan fingerprint density at radius 1 is 0.592 bits per heavy atom. The van der Waals surface area contributed by atoms with Crippen LogP contribution in [0.1, 0.15) is 135 Å². The van der Waals surface area contributed by atoms with E-state index in [0.717, 1.165) is 16.9 Å². The van der Waals surface area contributed by atoms with Gasteiger partial charge in [-0.15, -0.1) is 0 Å². The maximum Gasteiger partial charge on any atom is 0.311 e. The lowest BCUT2D eigenvalue weighted by atomic mass is 9.97. The van der Waals surface area contributed by atoms with E-state index in [1.165, 1.54) is 6.08 Å². The highest BCUT2D eigenvalue weighted by Gasteiger charge is 2.41. The van der Waals surface area contributed by atoms with Crippen LogP contribution in [0.4, 0.5) is 8.78 Å². The molecule has 0 saturated heterocycles. The van der Waals surface area contributed by atoms with Crippen LogP contribution in [0.15, 0.2) is 84.5 Å². The summed E-state index contributed by atoms with van der Waals surface area (Å²) < 4.78 is 76.8. The first-order valence-corrected chi connectivity index (χ1v) is 32.6. The number of esters is 2. The van der Waals surface area contributed by atoms with Gasteiger partial charge in [0.25, 0.3) is 0 Å². The molecule has 2 aromatic rings. The lowest BCUT2D eigenvalue weighted by molar-refractivity contribution is -0.155. The van der Waals surface area contributed by atoms with E-state index < -0.39 is 63.7 Å². The molecule has 0 aliphatic heterocycles. The van der Waals surface area contributed by atoms with Crippen molar-refractivity contribution in [2.24, 2.45) is 22.7 Å². The molecule has 0 aliphatic rings. The lowest BCUT2D eigenvalue weighted by Crippen LogP contribution is -2.44. The second kappa shape index (κ2) is 31.2. The highest BCUT2D eigenvalue weighted by atomic mass is 28.4. The van der Waals surface area contributed by atoms with Gasteiger partial charge in [0, 0.05) is 30.5 Å². The standard InChI is InChI=1S/C30H51FO7Si.C30H49FO5Si/c1-20(21(2)38-39(10,11)30(6,7)8)18-24(31)27(37-19-22-12-14-23(35-9)15-13-22)26(33)25(32)16-17-36-28(34)29(3,4)5;1-22(23(2)36-37(10,11)30(6,7)8)20-26(31)27(14-12-13-19-34-28(32)29(3,4)5)35-21-24-15-17-25(33-9)18-16-24/h12-15,18,20-21,25-27,32-33H,16-17,19H2,1-11H3;12,14-18,20,22-23,27H,13,19,21H2,1-11H3/b24-18+;14-12-,26-20+/t20-,21+,25+,26+,27-;22-,23+,27+/m11/s1. The third kappa shape index (κ3) is 24.9. The number of benzene rings is 2. The van der Waals surface area contributed by atoms with Gasteiger partial charge < -0.3 is 47.5 Å². The molecule has 76 heavy (non-hydrogen) atoms. The zero-order valence-electron chi connectivity index (χ0n) is 50.5. The molecule has 0 unspecified atom stereocenters. The molecule has 0 heterocycles. The minimum absolute atomic E-state index is 0.00309. The maximum absolute atomic E-state index is 15.7. The first-order valence-electron chi connectivity index (χ1n) is 26.7. The lowest BCUT2D eigenvalue weighted by Gasteiger charge is -2.39. The van der Waals surface area contributed by atoms with Crippen molar-refractivity contribution in [2.75, 3.05) is 27.4 Å². The van der Waals surface area contributed by atoms with Crippen molar-refractivity contribution >= 4 is 28.6 Å². The van der Waals surface area contributed by atoms with Gasteiger partial charge in [-0.05, 0) is 146 Å². The molecule has 16 heteroatoms. The van der Waals surface area contributed by atoms with Gasteiger partial charge in [0.15, 0.2) is 16.6 Å². The van der Waals surface area contributed by atoms with Crippen molar-refractivity contribution in [1.82, 2.24) is 0 Å². The van der Waals surface area contributed by atoms with E-state index >= 15 is 8.78 Å². The Bertz CT molecular complexity index is 2110. The number of methoxy groups -OCH3 is 2. The Hall–Kier alpha value is -3.75. The zero-order chi connectivity index (χ0) is 58.6. The molecule has 0 bridgehead atoms. The Morgan fingerprint density at radius 2 is 0.974 bits per heavy atom. The highest BCUT2D eigenvalue weighted by Crippen LogP contribution is 2.39. The minimum Gasteiger partial charge on any atom is -0.497 e. The van der Waals surface area contributed by atoms with E-state index in [-0.39, 0.29) is 78.8 Å². The van der Waals surface area contributed by atoms with Crippen LogP contribution < -0.4 is 9.47 Å². The average molecular weight is 1110 g/mol. The van der Waals surface area contributed by atoms with Gasteiger partial charge in [-0.3, -0.25) is 9.59 Å². The van der Waals surface area contributed by atoms with Crippen LogP contribution in [0, 0.1) is 22.7 Å². The normalized spacial score (nSPS) is 16.6. The monoisotopic (exact) mass is 1110 g/mol. The number of hydrogen-bond donors (Lipinski definition) is 2. The van der Waals surface area contributed by atoms with E-state index in [4.69, 9.17) is 37.3 Å². The summed E-state index contributed by atoms with van der Waals surface area (Å²) in [5.74, 6) is -0.775. The van der Waals surface area contributed by atoms with Gasteiger partial charge in [-0.25, -0.2) is 8.78 Å². The first kappa shape index (κ1) is 70.3. The number of hydrogen-bond acceptors (Lipinski definition) is 12. The van der Waals surface area contributed by atoms with Crippen molar-refractivity contribution in [1.29, 1.82) is 0 Å². The van der Waals surface area contributed by atoms with Crippen molar-refractivity contribution in [3.8, 4) is 11.5 Å². The third-order valence-electron chi connectivity index (χ3n) is 14.0. The average Bonchev–Trinajstić information content (AvgIpc) is 3.30. The van der Waals surface area contributed by atoms with Crippen molar-refractivity contribution < 1.29 is 65.9 Å². The fourth-order valence-electron chi connectivity index (χ4n) is 6.36. The molecule has 0 fully saturated rings. The van der Waals surface area contributed by atoms with Gasteiger partial charge in [0.2, 0.25) is 0 Å². The van der Waals surface area contributed by atoms with E-state index in [9.17, 15) is 19.8 Å². The second-order valence-electron chi connectivity index (χ2n) is 25.0. The zero-order valence-corrected chi connectivity index (χ0v) is 52.5. The summed E-state index contributed by atoms with van der Waals surface area (Å²) in [5, 5.41) is 21.7. The number of halogens is 2. The molecule has 434 valence electrons. The fourth-order valence-corrected chi connectivity index (χ4v) is 9.36. The van der Waals surface area contributed by atoms with Gasteiger partial charge in [-0.1, -0.05) is 91.8 Å². The Morgan fingerprint density at radius 3 is 1.36 bits per heavy atom. The van der Waals surface area contributed by atoms with Gasteiger partial charge in [-0.2, -0.15) is 0 Å². The summed E-state index contributed by atoms with van der Waals surface area (Å²) in [6, 6.07) is 14.6. The molecule has 0 saturated carbocycles. The van der Waals surface area contributed by atoms with E-state index in [1.807, 2.05) is 72.7 Å². The molecule has 0 amide bonds. The topological polar surface area (TPSA) is 148 Å². The van der Waals surface area contributed by atoms with Crippen LogP contribution in [0.25, 0.3) is 0 Å². The fraction of sp³-hybridized carbons (Fsp3) is 0.667. The van der Waals surface area contributed by atoms with Crippen molar-refractivity contribution in [2.45, 2.75) is 210 Å². The van der Waals surface area contributed by atoms with Gasteiger partial charge in [0.1, 0.15) is 41.5 Å². The van der Waals surface area contributed by atoms with E-state index in [2.05, 4.69) is 67.7 Å². The molecule has 8 atom stereocenters. The van der Waals surface area contributed by atoms with Crippen molar-refractivity contribution in [3.63, 3.8) is 0 Å². The van der Waals surface area contributed by atoms with Crippen molar-refractivity contribution in [3.05, 3.63) is 95.6 Å². The smallest absolute Gasteiger partial charge is 0.311 e. The molecule has 12 nitrogen and oxygen atoms in total. The first-order chi connectivity index (χ1) is 34.8. The summed E-state index contributed by atoms with van der Waals surface area (Å²) in [4.78, 5) is 24.0. The minimum atomic E-state index is -2.08. The Balaban J connectivity index is 0.000000761. The molecule has 2 aromatic carbocycles. The summed E-state index contributed by atoms with van der Waals surface area (Å²) in [6.07, 6.45) is 1.22. The number of ether oxygens (including phenoxy) is 6. The Labute approximate surface area is 459 Å². The second-order valence-corrected chi connectivity index (χ2v) is 34.5. The third-order valence-corrected chi connectivity index (χ3v) is 23.2. The number of carbonyl (C=O) groups excluding carboxylic acids is 2. The van der Waals surface area contributed by atoms with E-state index in [1.54, 1.807) is 77.5 Å². The number of aliphatic hydroxyl groups is 2. The van der Waals surface area contributed by atoms with E-state index in [0.29, 0.717) is 12.2 Å². The molecular weight excluding hydrogens is 1010 g/mol. The predicted molar refractivity (Wildman–Crippen MR) is 307 cm³/mol. The van der Waals surface area contributed by atoms with Crippen LogP contribution in [-0.2, 0) is 50.6 Å². The van der Waals surface area contributed by atoms with Crippen LogP contribution in [0.5, 0.6) is 11.5 Å². The molecule has 0 spiro atoms.